The molecule has 1 aliphatic carbocycles. The molecule has 0 aliphatic heterocycles. The highest BCUT2D eigenvalue weighted by Crippen LogP contribution is 2.39. The lowest BCUT2D eigenvalue weighted by atomic mass is 9.98. The van der Waals surface area contributed by atoms with Crippen LogP contribution in [-0.4, -0.2) is 21.6 Å². The van der Waals surface area contributed by atoms with Crippen LogP contribution in [0.1, 0.15) is 48.4 Å². The Balaban J connectivity index is 1.95. The average molecular weight is 273 g/mol. The number of pyridine rings is 1. The molecule has 0 aromatic carbocycles. The number of carbonyl (C=O) groups is 1. The lowest BCUT2D eigenvalue weighted by molar-refractivity contribution is 0.0895. The summed E-state index contributed by atoms with van der Waals surface area (Å²) in [7, 11) is 0. The van der Waals surface area contributed by atoms with E-state index in [-0.39, 0.29) is 17.1 Å². The topological polar surface area (TPSA) is 68.0 Å². The summed E-state index contributed by atoms with van der Waals surface area (Å²) in [6.45, 7) is 7.93. The van der Waals surface area contributed by atoms with Gasteiger partial charge < -0.3 is 9.84 Å². The van der Waals surface area contributed by atoms with Crippen molar-refractivity contribution < 1.29 is 9.32 Å². The molecule has 2 heterocycles. The summed E-state index contributed by atoms with van der Waals surface area (Å²) in [4.78, 5) is 16.8. The van der Waals surface area contributed by atoms with E-state index in [1.165, 1.54) is 12.8 Å². The zero-order valence-corrected chi connectivity index (χ0v) is 12.3. The number of nitrogens with one attached hydrogen (secondary N) is 1. The Morgan fingerprint density at radius 3 is 2.75 bits per heavy atom. The smallest absolute Gasteiger partial charge is 0.276 e. The quantitative estimate of drug-likeness (QED) is 0.933. The van der Waals surface area contributed by atoms with Crippen LogP contribution in [0.15, 0.2) is 10.6 Å². The monoisotopic (exact) mass is 273 g/mol. The fourth-order valence-corrected chi connectivity index (χ4v) is 2.64. The van der Waals surface area contributed by atoms with Crippen LogP contribution in [0.3, 0.4) is 0 Å². The van der Waals surface area contributed by atoms with Crippen molar-refractivity contribution in [2.24, 2.45) is 5.92 Å². The Hall–Kier alpha value is -1.91. The fraction of sp³-hybridized carbons (Fsp3) is 0.533. The van der Waals surface area contributed by atoms with Crippen molar-refractivity contribution in [2.75, 3.05) is 0 Å². The van der Waals surface area contributed by atoms with Crippen LogP contribution in [0, 0.1) is 19.8 Å². The Labute approximate surface area is 117 Å². The molecule has 1 fully saturated rings. The molecule has 1 aliphatic rings. The minimum absolute atomic E-state index is 0.207. The van der Waals surface area contributed by atoms with Gasteiger partial charge in [-0.25, -0.2) is 4.98 Å². The Morgan fingerprint density at radius 1 is 1.40 bits per heavy atom. The zero-order valence-electron chi connectivity index (χ0n) is 12.3. The molecule has 5 nitrogen and oxygen atoms in total. The lowest BCUT2D eigenvalue weighted by Gasteiger charge is -2.25. The van der Waals surface area contributed by atoms with Crippen LogP contribution in [0.4, 0.5) is 0 Å². The first-order valence-corrected chi connectivity index (χ1v) is 6.94. The lowest BCUT2D eigenvalue weighted by Crippen LogP contribution is -2.45. The van der Waals surface area contributed by atoms with E-state index in [1.807, 2.05) is 19.9 Å². The van der Waals surface area contributed by atoms with Crippen LogP contribution in [-0.2, 0) is 0 Å². The van der Waals surface area contributed by atoms with E-state index in [4.69, 9.17) is 4.52 Å². The summed E-state index contributed by atoms with van der Waals surface area (Å²) in [6, 6.07) is 1.92. The number of amides is 1. The van der Waals surface area contributed by atoms with E-state index in [0.717, 1.165) is 11.3 Å². The summed E-state index contributed by atoms with van der Waals surface area (Å²) in [5.41, 5.74) is 3.01. The SMILES string of the molecule is Cc1cc(C)c2onc(C(=O)NC(C)(C)C3CC3)c2n1. The second-order valence-electron chi connectivity index (χ2n) is 6.24. The molecule has 0 spiro atoms. The fourth-order valence-electron chi connectivity index (χ4n) is 2.64. The molecule has 0 unspecified atom stereocenters. The molecule has 1 N–H and O–H groups in total. The van der Waals surface area contributed by atoms with Gasteiger partial charge in [0.1, 0.15) is 5.52 Å². The highest BCUT2D eigenvalue weighted by Gasteiger charge is 2.39. The highest BCUT2D eigenvalue weighted by atomic mass is 16.5. The van der Waals surface area contributed by atoms with Crippen LogP contribution in [0.2, 0.25) is 0 Å². The Bertz CT molecular complexity index is 684. The van der Waals surface area contributed by atoms with Crippen molar-refractivity contribution in [3.05, 3.63) is 23.0 Å². The standard InChI is InChI=1S/C15H19N3O2/c1-8-7-9(2)16-11-12(18-20-13(8)11)14(19)17-15(3,4)10-5-6-10/h7,10H,5-6H2,1-4H3,(H,17,19). The Kier molecular flexibility index (Phi) is 2.81. The van der Waals surface area contributed by atoms with Crippen LogP contribution in [0.5, 0.6) is 0 Å². The summed E-state index contributed by atoms with van der Waals surface area (Å²) >= 11 is 0. The maximum atomic E-state index is 12.4. The summed E-state index contributed by atoms with van der Waals surface area (Å²) in [5, 5.41) is 6.96. The van der Waals surface area contributed by atoms with Crippen LogP contribution in [0.25, 0.3) is 11.1 Å². The van der Waals surface area contributed by atoms with Gasteiger partial charge in [0.05, 0.1) is 0 Å². The molecule has 0 radical (unpaired) electrons. The number of hydrogen-bond acceptors (Lipinski definition) is 4. The van der Waals surface area contributed by atoms with Gasteiger partial charge in [0.15, 0.2) is 11.3 Å². The van der Waals surface area contributed by atoms with E-state index < -0.39 is 0 Å². The Morgan fingerprint density at radius 2 is 2.10 bits per heavy atom. The third-order valence-corrected chi connectivity index (χ3v) is 3.99. The third kappa shape index (κ3) is 2.17. The summed E-state index contributed by atoms with van der Waals surface area (Å²) in [5.74, 6) is 0.346. The molecule has 3 rings (SSSR count). The number of fused-ring (bicyclic) bond motifs is 1. The number of carbonyl (C=O) groups excluding carboxylic acids is 1. The van der Waals surface area contributed by atoms with Crippen molar-refractivity contribution in [1.82, 2.24) is 15.5 Å². The molecule has 106 valence electrons. The molecule has 20 heavy (non-hydrogen) atoms. The molecule has 2 aromatic heterocycles. The molecular formula is C15H19N3O2. The first-order valence-electron chi connectivity index (χ1n) is 6.94. The van der Waals surface area contributed by atoms with E-state index >= 15 is 0 Å². The molecule has 1 saturated carbocycles. The van der Waals surface area contributed by atoms with E-state index in [0.29, 0.717) is 17.0 Å². The molecule has 5 heteroatoms. The van der Waals surface area contributed by atoms with Gasteiger partial charge in [-0.1, -0.05) is 5.16 Å². The second-order valence-corrected chi connectivity index (χ2v) is 6.24. The van der Waals surface area contributed by atoms with Gasteiger partial charge in [-0.15, -0.1) is 0 Å². The number of rotatable bonds is 3. The van der Waals surface area contributed by atoms with Crippen molar-refractivity contribution in [1.29, 1.82) is 0 Å². The van der Waals surface area contributed by atoms with Crippen molar-refractivity contribution in [2.45, 2.75) is 46.1 Å². The zero-order chi connectivity index (χ0) is 14.5. The van der Waals surface area contributed by atoms with Crippen molar-refractivity contribution in [3.63, 3.8) is 0 Å². The summed E-state index contributed by atoms with van der Waals surface area (Å²) in [6.07, 6.45) is 2.34. The first-order chi connectivity index (χ1) is 9.38. The van der Waals surface area contributed by atoms with Gasteiger partial charge in [-0.05, 0) is 58.1 Å². The van der Waals surface area contributed by atoms with Gasteiger partial charge in [-0.3, -0.25) is 4.79 Å². The first kappa shape index (κ1) is 13.1. The van der Waals surface area contributed by atoms with E-state index in [2.05, 4.69) is 29.3 Å². The maximum absolute atomic E-state index is 12.4. The largest absolute Gasteiger partial charge is 0.353 e. The molecule has 0 bridgehead atoms. The maximum Gasteiger partial charge on any atom is 0.276 e. The third-order valence-electron chi connectivity index (χ3n) is 3.99. The van der Waals surface area contributed by atoms with Gasteiger partial charge >= 0.3 is 0 Å². The van der Waals surface area contributed by atoms with Gasteiger partial charge in [0.2, 0.25) is 0 Å². The number of aryl methyl sites for hydroxylation is 2. The minimum Gasteiger partial charge on any atom is -0.353 e. The van der Waals surface area contributed by atoms with Crippen LogP contribution >= 0.6 is 0 Å². The number of aromatic nitrogens is 2. The number of hydrogen-bond donors (Lipinski definition) is 1. The molecule has 2 aromatic rings. The van der Waals surface area contributed by atoms with Gasteiger partial charge in [-0.2, -0.15) is 0 Å². The second kappa shape index (κ2) is 4.30. The summed E-state index contributed by atoms with van der Waals surface area (Å²) < 4.78 is 5.27. The molecule has 0 saturated heterocycles. The van der Waals surface area contributed by atoms with Gasteiger partial charge in [0.25, 0.3) is 5.91 Å². The number of nitrogens with zero attached hydrogens (tertiary/aromatic N) is 2. The van der Waals surface area contributed by atoms with Crippen molar-refractivity contribution >= 4 is 17.0 Å². The molecular weight excluding hydrogens is 254 g/mol. The normalized spacial score (nSPS) is 15.6. The van der Waals surface area contributed by atoms with E-state index in [1.54, 1.807) is 0 Å². The molecule has 1 amide bonds. The highest BCUT2D eigenvalue weighted by molar-refractivity contribution is 6.03. The van der Waals surface area contributed by atoms with Crippen LogP contribution < -0.4 is 5.32 Å². The van der Waals surface area contributed by atoms with Crippen molar-refractivity contribution in [3.8, 4) is 0 Å². The predicted molar refractivity (Wildman–Crippen MR) is 75.5 cm³/mol. The van der Waals surface area contributed by atoms with Gasteiger partial charge in [0, 0.05) is 11.2 Å². The minimum atomic E-state index is -0.210. The molecule has 0 atom stereocenters. The van der Waals surface area contributed by atoms with E-state index in [9.17, 15) is 4.79 Å². The average Bonchev–Trinajstić information content (AvgIpc) is 3.10. The predicted octanol–water partition coefficient (Wildman–Crippen LogP) is 2.76.